The Morgan fingerprint density at radius 3 is 2.45 bits per heavy atom. The van der Waals surface area contributed by atoms with Gasteiger partial charge in [0.25, 0.3) is 0 Å². The van der Waals surface area contributed by atoms with Crippen LogP contribution in [0.2, 0.25) is 0 Å². The van der Waals surface area contributed by atoms with Crippen LogP contribution in [0.4, 0.5) is 4.79 Å². The van der Waals surface area contributed by atoms with Crippen LogP contribution in [-0.2, 0) is 11.3 Å². The van der Waals surface area contributed by atoms with Gasteiger partial charge in [0.15, 0.2) is 0 Å². The summed E-state index contributed by atoms with van der Waals surface area (Å²) in [5.41, 5.74) is 3.48. The van der Waals surface area contributed by atoms with Crippen molar-refractivity contribution in [3.63, 3.8) is 0 Å². The molecule has 22 heavy (non-hydrogen) atoms. The molecule has 1 saturated carbocycles. The summed E-state index contributed by atoms with van der Waals surface area (Å²) < 4.78 is 0. The van der Waals surface area contributed by atoms with Crippen molar-refractivity contribution in [2.24, 2.45) is 5.92 Å². The number of carboxylic acid groups (broad SMARTS) is 1. The van der Waals surface area contributed by atoms with E-state index in [2.05, 4.69) is 16.7 Å². The van der Waals surface area contributed by atoms with Crippen LogP contribution in [0.1, 0.15) is 42.4 Å². The lowest BCUT2D eigenvalue weighted by atomic mass is 9.86. The van der Waals surface area contributed by atoms with Crippen LogP contribution in [0.15, 0.2) is 18.2 Å². The average Bonchev–Trinajstić information content (AvgIpc) is 2.47. The molecule has 1 aliphatic rings. The molecule has 0 spiro atoms. The average molecular weight is 304 g/mol. The Hall–Kier alpha value is -2.04. The Morgan fingerprint density at radius 2 is 1.86 bits per heavy atom. The van der Waals surface area contributed by atoms with E-state index in [1.807, 2.05) is 26.0 Å². The van der Waals surface area contributed by atoms with Crippen molar-refractivity contribution < 1.29 is 14.7 Å². The summed E-state index contributed by atoms with van der Waals surface area (Å²) in [6.45, 7) is 4.59. The number of nitrogens with one attached hydrogen (secondary N) is 2. The van der Waals surface area contributed by atoms with E-state index in [0.29, 0.717) is 19.4 Å². The molecule has 0 bridgehead atoms. The standard InChI is InChI=1S/C17H24N2O3/c1-11-3-4-14(12(2)9-11)10-18-17(22)19-15-7-5-13(6-8-15)16(20)21/h3-4,9,13,15H,5-8,10H2,1-2H3,(H,20,21)(H2,18,19,22). The van der Waals surface area contributed by atoms with E-state index in [1.54, 1.807) is 0 Å². The summed E-state index contributed by atoms with van der Waals surface area (Å²) in [4.78, 5) is 22.8. The van der Waals surface area contributed by atoms with Gasteiger partial charge < -0.3 is 15.7 Å². The third-order valence-corrected chi connectivity index (χ3v) is 4.35. The monoisotopic (exact) mass is 304 g/mol. The lowest BCUT2D eigenvalue weighted by Gasteiger charge is -2.26. The first-order chi connectivity index (χ1) is 10.5. The lowest BCUT2D eigenvalue weighted by molar-refractivity contribution is -0.142. The zero-order valence-corrected chi connectivity index (χ0v) is 13.2. The summed E-state index contributed by atoms with van der Waals surface area (Å²) in [7, 11) is 0. The summed E-state index contributed by atoms with van der Waals surface area (Å²) in [6.07, 6.45) is 2.73. The predicted octanol–water partition coefficient (Wildman–Crippen LogP) is 2.75. The van der Waals surface area contributed by atoms with Crippen molar-refractivity contribution in [1.29, 1.82) is 0 Å². The van der Waals surface area contributed by atoms with Gasteiger partial charge in [-0.2, -0.15) is 0 Å². The number of hydrogen-bond acceptors (Lipinski definition) is 2. The second-order valence-electron chi connectivity index (χ2n) is 6.14. The lowest BCUT2D eigenvalue weighted by Crippen LogP contribution is -2.43. The molecule has 0 aliphatic heterocycles. The van der Waals surface area contributed by atoms with Gasteiger partial charge in [0.05, 0.1) is 5.92 Å². The highest BCUT2D eigenvalue weighted by Crippen LogP contribution is 2.24. The van der Waals surface area contributed by atoms with E-state index >= 15 is 0 Å². The smallest absolute Gasteiger partial charge is 0.315 e. The van der Waals surface area contributed by atoms with Crippen molar-refractivity contribution >= 4 is 12.0 Å². The molecule has 1 aromatic rings. The zero-order chi connectivity index (χ0) is 16.1. The molecule has 1 aromatic carbocycles. The number of amides is 2. The van der Waals surface area contributed by atoms with E-state index in [9.17, 15) is 9.59 Å². The molecule has 0 aromatic heterocycles. The minimum absolute atomic E-state index is 0.0784. The SMILES string of the molecule is Cc1ccc(CNC(=O)NC2CCC(C(=O)O)CC2)c(C)c1. The van der Waals surface area contributed by atoms with Crippen LogP contribution < -0.4 is 10.6 Å². The fourth-order valence-electron chi connectivity index (χ4n) is 2.94. The summed E-state index contributed by atoms with van der Waals surface area (Å²) in [5.74, 6) is -0.978. The highest BCUT2D eigenvalue weighted by Gasteiger charge is 2.26. The van der Waals surface area contributed by atoms with E-state index < -0.39 is 5.97 Å². The fraction of sp³-hybridized carbons (Fsp3) is 0.529. The molecular weight excluding hydrogens is 280 g/mol. The molecule has 0 unspecified atom stereocenters. The van der Waals surface area contributed by atoms with Crippen molar-refractivity contribution in [2.45, 2.75) is 52.1 Å². The second kappa shape index (κ2) is 7.29. The first-order valence-electron chi connectivity index (χ1n) is 7.79. The van der Waals surface area contributed by atoms with E-state index in [4.69, 9.17) is 5.11 Å². The Bertz CT molecular complexity index is 549. The summed E-state index contributed by atoms with van der Waals surface area (Å²) in [5, 5.41) is 14.8. The predicted molar refractivity (Wildman–Crippen MR) is 84.7 cm³/mol. The third-order valence-electron chi connectivity index (χ3n) is 4.35. The van der Waals surface area contributed by atoms with E-state index in [0.717, 1.165) is 18.4 Å². The maximum absolute atomic E-state index is 11.9. The minimum Gasteiger partial charge on any atom is -0.481 e. The Balaban J connectivity index is 1.75. The van der Waals surface area contributed by atoms with Crippen LogP contribution in [0, 0.1) is 19.8 Å². The van der Waals surface area contributed by atoms with Gasteiger partial charge in [-0.3, -0.25) is 4.79 Å². The molecule has 2 amide bonds. The van der Waals surface area contributed by atoms with Gasteiger partial charge in [-0.1, -0.05) is 23.8 Å². The molecule has 1 aliphatic carbocycles. The number of benzene rings is 1. The number of carbonyl (C=O) groups excluding carboxylic acids is 1. The first-order valence-corrected chi connectivity index (χ1v) is 7.79. The van der Waals surface area contributed by atoms with Crippen molar-refractivity contribution in [1.82, 2.24) is 10.6 Å². The molecule has 5 heteroatoms. The van der Waals surface area contributed by atoms with Crippen LogP contribution in [0.5, 0.6) is 0 Å². The molecule has 5 nitrogen and oxygen atoms in total. The summed E-state index contributed by atoms with van der Waals surface area (Å²) in [6, 6.07) is 6.06. The van der Waals surface area contributed by atoms with E-state index in [-0.39, 0.29) is 18.0 Å². The van der Waals surface area contributed by atoms with Gasteiger partial charge in [-0.15, -0.1) is 0 Å². The molecule has 1 fully saturated rings. The van der Waals surface area contributed by atoms with Crippen molar-refractivity contribution in [2.75, 3.05) is 0 Å². The van der Waals surface area contributed by atoms with Gasteiger partial charge >= 0.3 is 12.0 Å². The highest BCUT2D eigenvalue weighted by atomic mass is 16.4. The molecular formula is C17H24N2O3. The van der Waals surface area contributed by atoms with Crippen molar-refractivity contribution in [3.05, 3.63) is 34.9 Å². The summed E-state index contributed by atoms with van der Waals surface area (Å²) >= 11 is 0. The minimum atomic E-state index is -0.724. The largest absolute Gasteiger partial charge is 0.481 e. The highest BCUT2D eigenvalue weighted by molar-refractivity contribution is 5.74. The van der Waals surface area contributed by atoms with Crippen LogP contribution in [0.3, 0.4) is 0 Å². The Kier molecular flexibility index (Phi) is 5.41. The van der Waals surface area contributed by atoms with Gasteiger partial charge in [-0.25, -0.2) is 4.79 Å². The molecule has 120 valence electrons. The normalized spacial score (nSPS) is 21.2. The first kappa shape index (κ1) is 16.3. The van der Waals surface area contributed by atoms with Gasteiger partial charge in [0.1, 0.15) is 0 Å². The molecule has 3 N–H and O–H groups in total. The van der Waals surface area contributed by atoms with Crippen molar-refractivity contribution in [3.8, 4) is 0 Å². The number of urea groups is 1. The number of aliphatic carboxylic acids is 1. The zero-order valence-electron chi connectivity index (χ0n) is 13.2. The number of rotatable bonds is 4. The molecule has 2 rings (SSSR count). The molecule has 0 atom stereocenters. The molecule has 0 heterocycles. The second-order valence-corrected chi connectivity index (χ2v) is 6.14. The Morgan fingerprint density at radius 1 is 1.18 bits per heavy atom. The number of aryl methyl sites for hydroxylation is 2. The number of carboxylic acids is 1. The Labute approximate surface area is 131 Å². The third kappa shape index (κ3) is 4.48. The van der Waals surface area contributed by atoms with Gasteiger partial charge in [0, 0.05) is 12.6 Å². The number of carbonyl (C=O) groups is 2. The topological polar surface area (TPSA) is 78.4 Å². The number of hydrogen-bond donors (Lipinski definition) is 3. The quantitative estimate of drug-likeness (QED) is 0.800. The van der Waals surface area contributed by atoms with Crippen LogP contribution in [-0.4, -0.2) is 23.1 Å². The fourth-order valence-corrected chi connectivity index (χ4v) is 2.94. The molecule has 0 saturated heterocycles. The van der Waals surface area contributed by atoms with E-state index in [1.165, 1.54) is 11.1 Å². The molecule has 0 radical (unpaired) electrons. The van der Waals surface area contributed by atoms with Gasteiger partial charge in [0.2, 0.25) is 0 Å². The van der Waals surface area contributed by atoms with Crippen LogP contribution >= 0.6 is 0 Å². The van der Waals surface area contributed by atoms with Gasteiger partial charge in [-0.05, 0) is 50.7 Å². The van der Waals surface area contributed by atoms with Crippen LogP contribution in [0.25, 0.3) is 0 Å². The maximum atomic E-state index is 11.9. The maximum Gasteiger partial charge on any atom is 0.315 e.